The van der Waals surface area contributed by atoms with Crippen LogP contribution in [0.2, 0.25) is 17.3 Å². The second kappa shape index (κ2) is 5.88. The molecule has 1 atom stereocenters. The number of hydrogen-bond acceptors (Lipinski definition) is 2. The van der Waals surface area contributed by atoms with E-state index in [0.29, 0.717) is 0 Å². The van der Waals surface area contributed by atoms with Gasteiger partial charge in [-0.25, -0.2) is 0 Å². The zero-order chi connectivity index (χ0) is 12.2. The molecule has 0 bridgehead atoms. The summed E-state index contributed by atoms with van der Waals surface area (Å²) in [7, 11) is 0. The third-order valence-corrected chi connectivity index (χ3v) is 10.8. The van der Waals surface area contributed by atoms with Crippen molar-refractivity contribution in [1.82, 2.24) is 4.90 Å². The molecule has 0 aromatic heterocycles. The molecule has 3 heteroatoms. The first kappa shape index (κ1) is 14.5. The average molecular weight is 287 g/mol. The van der Waals surface area contributed by atoms with Crippen LogP contribution in [-0.4, -0.2) is 35.8 Å². The van der Waals surface area contributed by atoms with E-state index in [-0.39, 0.29) is 4.50 Å². The minimum atomic E-state index is -1.86. The molecule has 96 valence electrons. The number of piperidine rings is 1. The molecule has 1 aliphatic rings. The monoisotopic (exact) mass is 288 g/mol. The summed E-state index contributed by atoms with van der Waals surface area (Å²) in [6.45, 7) is 4.75. The summed E-state index contributed by atoms with van der Waals surface area (Å²) >= 11 is -1.86. The fourth-order valence-corrected chi connectivity index (χ4v) is 7.15. The number of nitrogens with two attached hydrogens (primary N) is 1. The van der Waals surface area contributed by atoms with Gasteiger partial charge < -0.3 is 0 Å². The van der Waals surface area contributed by atoms with E-state index in [1.165, 1.54) is 51.6 Å². The van der Waals surface area contributed by atoms with Crippen molar-refractivity contribution >= 4 is 13.3 Å². The Hall–Kier alpha value is 0.463. The molecule has 0 aromatic carbocycles. The van der Waals surface area contributed by atoms with E-state index in [1.54, 1.807) is 0 Å². The van der Waals surface area contributed by atoms with Crippen molar-refractivity contribution < 1.29 is 0 Å². The molecule has 0 aromatic rings. The predicted octanol–water partition coefficient (Wildman–Crippen LogP) is 3.19. The summed E-state index contributed by atoms with van der Waals surface area (Å²) in [6, 6.07) is 0. The second-order valence-corrected chi connectivity index (χ2v) is 17.6. The summed E-state index contributed by atoms with van der Waals surface area (Å²) in [5.74, 6) is 7.43. The van der Waals surface area contributed by atoms with E-state index in [0.717, 1.165) is 0 Å². The van der Waals surface area contributed by atoms with Gasteiger partial charge in [-0.05, 0) is 0 Å². The quantitative estimate of drug-likeness (QED) is 0.787. The van der Waals surface area contributed by atoms with Crippen molar-refractivity contribution in [3.63, 3.8) is 0 Å². The van der Waals surface area contributed by atoms with E-state index in [1.807, 2.05) is 0 Å². The zero-order valence-electron chi connectivity index (χ0n) is 11.7. The molecule has 1 saturated heterocycles. The van der Waals surface area contributed by atoms with Crippen LogP contribution in [0.3, 0.4) is 0 Å². The van der Waals surface area contributed by atoms with E-state index in [9.17, 15) is 0 Å². The number of rotatable bonds is 5. The minimum absolute atomic E-state index is 0.0798. The number of nitrogens with zero attached hydrogens (tertiary/aromatic N) is 1. The molecule has 2 N–H and O–H groups in total. The van der Waals surface area contributed by atoms with Crippen LogP contribution in [0.5, 0.6) is 0 Å². The van der Waals surface area contributed by atoms with Crippen LogP contribution in [0.4, 0.5) is 0 Å². The third-order valence-electron chi connectivity index (χ3n) is 4.13. The Labute approximate surface area is 104 Å². The molecule has 0 radical (unpaired) electrons. The molecule has 0 spiro atoms. The molecule has 0 amide bonds. The Balaban J connectivity index is 2.76. The third kappa shape index (κ3) is 3.24. The van der Waals surface area contributed by atoms with E-state index in [2.05, 4.69) is 29.1 Å². The Kier molecular flexibility index (Phi) is 5.33. The molecule has 2 nitrogen and oxygen atoms in total. The van der Waals surface area contributed by atoms with Gasteiger partial charge in [-0.1, -0.05) is 0 Å². The van der Waals surface area contributed by atoms with Crippen molar-refractivity contribution in [2.45, 2.75) is 67.2 Å². The molecular formula is C13H30GeN2. The van der Waals surface area contributed by atoms with Crippen LogP contribution >= 0.6 is 0 Å². The molecule has 16 heavy (non-hydrogen) atoms. The van der Waals surface area contributed by atoms with Crippen LogP contribution < -0.4 is 5.73 Å². The Morgan fingerprint density at radius 3 is 2.12 bits per heavy atom. The van der Waals surface area contributed by atoms with Gasteiger partial charge >= 0.3 is 104 Å². The summed E-state index contributed by atoms with van der Waals surface area (Å²) in [5.41, 5.74) is 6.85. The zero-order valence-corrected chi connectivity index (χ0v) is 13.8. The first-order valence-electron chi connectivity index (χ1n) is 6.96. The van der Waals surface area contributed by atoms with Gasteiger partial charge in [0.05, 0.1) is 0 Å². The van der Waals surface area contributed by atoms with Crippen molar-refractivity contribution in [3.8, 4) is 0 Å². The summed E-state index contributed by atoms with van der Waals surface area (Å²) in [5, 5.41) is 0. The van der Waals surface area contributed by atoms with Gasteiger partial charge in [0.25, 0.3) is 0 Å². The number of unbranched alkanes of at least 4 members (excludes halogenated alkanes) is 1. The Morgan fingerprint density at radius 2 is 1.69 bits per heavy atom. The van der Waals surface area contributed by atoms with Gasteiger partial charge in [0, 0.05) is 0 Å². The van der Waals surface area contributed by atoms with Crippen molar-refractivity contribution in [3.05, 3.63) is 0 Å². The SMILES string of the molecule is CCCC[C](N)(N1CCCCC1)[Ge]([CH3])([CH3])[CH3]. The fourth-order valence-electron chi connectivity index (χ4n) is 2.75. The van der Waals surface area contributed by atoms with Gasteiger partial charge in [-0.15, -0.1) is 0 Å². The molecule has 1 unspecified atom stereocenters. The second-order valence-electron chi connectivity index (χ2n) is 6.33. The van der Waals surface area contributed by atoms with Crippen LogP contribution in [0.1, 0.15) is 45.4 Å². The molecule has 1 rings (SSSR count). The molecule has 1 aliphatic heterocycles. The summed E-state index contributed by atoms with van der Waals surface area (Å²) in [6.07, 6.45) is 7.87. The maximum absolute atomic E-state index is 6.85. The van der Waals surface area contributed by atoms with Gasteiger partial charge in [-0.2, -0.15) is 0 Å². The molecule has 0 saturated carbocycles. The Bertz CT molecular complexity index is 206. The van der Waals surface area contributed by atoms with Gasteiger partial charge in [0.15, 0.2) is 0 Å². The fraction of sp³-hybridized carbons (Fsp3) is 1.00. The van der Waals surface area contributed by atoms with Crippen LogP contribution in [-0.2, 0) is 0 Å². The van der Waals surface area contributed by atoms with Gasteiger partial charge in [0.1, 0.15) is 0 Å². The average Bonchev–Trinajstić information content (AvgIpc) is 2.25. The first-order valence-corrected chi connectivity index (χ1v) is 14.3. The van der Waals surface area contributed by atoms with E-state index < -0.39 is 13.3 Å². The molecule has 1 fully saturated rings. The Morgan fingerprint density at radius 1 is 1.12 bits per heavy atom. The normalized spacial score (nSPS) is 23.1. The van der Waals surface area contributed by atoms with Gasteiger partial charge in [-0.3, -0.25) is 0 Å². The van der Waals surface area contributed by atoms with Crippen molar-refractivity contribution in [2.24, 2.45) is 5.73 Å². The predicted molar refractivity (Wildman–Crippen MR) is 75.2 cm³/mol. The molecular weight excluding hydrogens is 257 g/mol. The van der Waals surface area contributed by atoms with Crippen LogP contribution in [0.15, 0.2) is 0 Å². The van der Waals surface area contributed by atoms with Gasteiger partial charge in [0.2, 0.25) is 0 Å². The topological polar surface area (TPSA) is 29.3 Å². The summed E-state index contributed by atoms with van der Waals surface area (Å²) < 4.78 is 0.0798. The molecule has 0 aliphatic carbocycles. The first-order chi connectivity index (χ1) is 7.42. The number of hydrogen-bond donors (Lipinski definition) is 1. The van der Waals surface area contributed by atoms with Crippen molar-refractivity contribution in [2.75, 3.05) is 13.1 Å². The van der Waals surface area contributed by atoms with Crippen molar-refractivity contribution in [1.29, 1.82) is 0 Å². The van der Waals surface area contributed by atoms with Crippen LogP contribution in [0.25, 0.3) is 0 Å². The van der Waals surface area contributed by atoms with E-state index >= 15 is 0 Å². The van der Waals surface area contributed by atoms with Crippen LogP contribution in [0, 0.1) is 0 Å². The number of likely N-dealkylation sites (tertiary alicyclic amines) is 1. The summed E-state index contributed by atoms with van der Waals surface area (Å²) in [4.78, 5) is 2.63. The maximum atomic E-state index is 6.85. The standard InChI is InChI=1S/C13H30GeN2/c1-5-6-10-13(15,14(2,3)4)16-11-8-7-9-12-16/h5-12,15H2,1-4H3. The molecule has 1 heterocycles. The van der Waals surface area contributed by atoms with E-state index in [4.69, 9.17) is 5.73 Å².